The summed E-state index contributed by atoms with van der Waals surface area (Å²) in [4.78, 5) is 10.9. The minimum atomic E-state index is 0.223. The predicted molar refractivity (Wildman–Crippen MR) is 67.1 cm³/mol. The summed E-state index contributed by atoms with van der Waals surface area (Å²) in [7, 11) is 0. The first-order valence-electron chi connectivity index (χ1n) is 5.43. The lowest BCUT2D eigenvalue weighted by Crippen LogP contribution is -2.49. The van der Waals surface area contributed by atoms with Crippen LogP contribution in [0.2, 0.25) is 0 Å². The van der Waals surface area contributed by atoms with Crippen LogP contribution in [-0.2, 0) is 4.74 Å². The van der Waals surface area contributed by atoms with Gasteiger partial charge in [-0.1, -0.05) is 15.9 Å². The van der Waals surface area contributed by atoms with Crippen LogP contribution >= 0.6 is 15.9 Å². The zero-order chi connectivity index (χ0) is 11.5. The highest BCUT2D eigenvalue weighted by molar-refractivity contribution is 9.09. The standard InChI is InChI=1S/C11H16BrN3O/c1-8-4-13-11(14-5-8)15-6-10(3-12)16-7-9(15)2/h4-5,9-10H,3,6-7H2,1-2H3. The van der Waals surface area contributed by atoms with Crippen LogP contribution in [-0.4, -0.2) is 40.6 Å². The molecule has 4 nitrogen and oxygen atoms in total. The molecule has 2 heterocycles. The van der Waals surface area contributed by atoms with Crippen molar-refractivity contribution in [2.75, 3.05) is 23.4 Å². The molecule has 5 heteroatoms. The molecule has 1 aliphatic rings. The molecule has 0 radical (unpaired) electrons. The van der Waals surface area contributed by atoms with Gasteiger partial charge in [-0.05, 0) is 19.4 Å². The summed E-state index contributed by atoms with van der Waals surface area (Å²) in [6, 6.07) is 0.331. The van der Waals surface area contributed by atoms with Crippen LogP contribution in [0.3, 0.4) is 0 Å². The molecular formula is C11H16BrN3O. The summed E-state index contributed by atoms with van der Waals surface area (Å²) in [5.41, 5.74) is 1.08. The molecule has 1 saturated heterocycles. The molecular weight excluding hydrogens is 270 g/mol. The third-order valence-corrected chi connectivity index (χ3v) is 3.42. The molecule has 0 aromatic carbocycles. The van der Waals surface area contributed by atoms with Gasteiger partial charge >= 0.3 is 0 Å². The van der Waals surface area contributed by atoms with Gasteiger partial charge in [-0.15, -0.1) is 0 Å². The van der Waals surface area contributed by atoms with Gasteiger partial charge in [0.15, 0.2) is 0 Å². The maximum absolute atomic E-state index is 5.67. The summed E-state index contributed by atoms with van der Waals surface area (Å²) in [5.74, 6) is 0.798. The number of anilines is 1. The van der Waals surface area contributed by atoms with Crippen LogP contribution in [0.25, 0.3) is 0 Å². The van der Waals surface area contributed by atoms with E-state index in [1.807, 2.05) is 19.3 Å². The maximum Gasteiger partial charge on any atom is 0.225 e. The van der Waals surface area contributed by atoms with E-state index in [9.17, 15) is 0 Å². The van der Waals surface area contributed by atoms with E-state index < -0.39 is 0 Å². The number of halogens is 1. The van der Waals surface area contributed by atoms with Crippen LogP contribution in [0.4, 0.5) is 5.95 Å². The van der Waals surface area contributed by atoms with Crippen molar-refractivity contribution in [3.05, 3.63) is 18.0 Å². The highest BCUT2D eigenvalue weighted by atomic mass is 79.9. The summed E-state index contributed by atoms with van der Waals surface area (Å²) < 4.78 is 5.67. The van der Waals surface area contributed by atoms with Gasteiger partial charge in [0.2, 0.25) is 5.95 Å². The molecule has 16 heavy (non-hydrogen) atoms. The van der Waals surface area contributed by atoms with Crippen molar-refractivity contribution < 1.29 is 4.74 Å². The highest BCUT2D eigenvalue weighted by Crippen LogP contribution is 2.18. The Bertz CT molecular complexity index is 344. The lowest BCUT2D eigenvalue weighted by atomic mass is 10.2. The van der Waals surface area contributed by atoms with Crippen LogP contribution in [0.5, 0.6) is 0 Å². The second kappa shape index (κ2) is 5.10. The number of aryl methyl sites for hydroxylation is 1. The van der Waals surface area contributed by atoms with Crippen molar-refractivity contribution in [3.63, 3.8) is 0 Å². The zero-order valence-corrected chi connectivity index (χ0v) is 11.1. The third kappa shape index (κ3) is 2.52. The maximum atomic E-state index is 5.67. The molecule has 1 aromatic heterocycles. The Kier molecular flexibility index (Phi) is 3.76. The second-order valence-electron chi connectivity index (χ2n) is 4.17. The normalized spacial score (nSPS) is 25.8. The number of ether oxygens (including phenoxy) is 1. The van der Waals surface area contributed by atoms with E-state index in [0.717, 1.165) is 30.0 Å². The zero-order valence-electron chi connectivity index (χ0n) is 9.56. The number of morpholine rings is 1. The van der Waals surface area contributed by atoms with Gasteiger partial charge in [0.05, 0.1) is 18.8 Å². The molecule has 0 amide bonds. The Morgan fingerprint density at radius 1 is 1.50 bits per heavy atom. The van der Waals surface area contributed by atoms with Crippen LogP contribution in [0, 0.1) is 6.92 Å². The number of aromatic nitrogens is 2. The van der Waals surface area contributed by atoms with Crippen LogP contribution < -0.4 is 4.90 Å². The summed E-state index contributed by atoms with van der Waals surface area (Å²) in [6.07, 6.45) is 3.93. The molecule has 0 spiro atoms. The summed E-state index contributed by atoms with van der Waals surface area (Å²) >= 11 is 3.45. The smallest absolute Gasteiger partial charge is 0.225 e. The van der Waals surface area contributed by atoms with Gasteiger partial charge in [0, 0.05) is 24.3 Å². The van der Waals surface area contributed by atoms with Crippen molar-refractivity contribution in [2.24, 2.45) is 0 Å². The minimum Gasteiger partial charge on any atom is -0.373 e. The minimum absolute atomic E-state index is 0.223. The molecule has 0 saturated carbocycles. The van der Waals surface area contributed by atoms with Crippen LogP contribution in [0.1, 0.15) is 12.5 Å². The fourth-order valence-electron chi connectivity index (χ4n) is 1.72. The molecule has 2 atom stereocenters. The quantitative estimate of drug-likeness (QED) is 0.777. The van der Waals surface area contributed by atoms with Crippen molar-refractivity contribution in [3.8, 4) is 0 Å². The average Bonchev–Trinajstić information content (AvgIpc) is 2.31. The first-order chi connectivity index (χ1) is 7.70. The van der Waals surface area contributed by atoms with E-state index in [0.29, 0.717) is 6.04 Å². The van der Waals surface area contributed by atoms with Crippen molar-refractivity contribution in [1.29, 1.82) is 0 Å². The van der Waals surface area contributed by atoms with Crippen molar-refractivity contribution in [2.45, 2.75) is 26.0 Å². The van der Waals surface area contributed by atoms with Crippen molar-refractivity contribution in [1.82, 2.24) is 9.97 Å². The molecule has 1 aromatic rings. The lowest BCUT2D eigenvalue weighted by molar-refractivity contribution is 0.0373. The number of nitrogens with zero attached hydrogens (tertiary/aromatic N) is 3. The Labute approximate surface area is 104 Å². The lowest BCUT2D eigenvalue weighted by Gasteiger charge is -2.37. The van der Waals surface area contributed by atoms with E-state index in [2.05, 4.69) is 37.7 Å². The van der Waals surface area contributed by atoms with E-state index in [4.69, 9.17) is 4.74 Å². The van der Waals surface area contributed by atoms with E-state index in [1.165, 1.54) is 0 Å². The molecule has 1 fully saturated rings. The average molecular weight is 286 g/mol. The highest BCUT2D eigenvalue weighted by Gasteiger charge is 2.26. The molecule has 1 aliphatic heterocycles. The molecule has 0 aliphatic carbocycles. The Morgan fingerprint density at radius 3 is 2.81 bits per heavy atom. The number of hydrogen-bond acceptors (Lipinski definition) is 4. The molecule has 0 bridgehead atoms. The molecule has 2 rings (SSSR count). The van der Waals surface area contributed by atoms with Gasteiger partial charge in [0.1, 0.15) is 0 Å². The van der Waals surface area contributed by atoms with E-state index in [1.54, 1.807) is 0 Å². The molecule has 0 N–H and O–H groups in total. The van der Waals surface area contributed by atoms with E-state index in [-0.39, 0.29) is 6.10 Å². The Balaban J connectivity index is 2.14. The molecule has 2 unspecified atom stereocenters. The fourth-order valence-corrected chi connectivity index (χ4v) is 2.12. The monoisotopic (exact) mass is 285 g/mol. The summed E-state index contributed by atoms with van der Waals surface area (Å²) in [6.45, 7) is 5.70. The number of hydrogen-bond donors (Lipinski definition) is 0. The van der Waals surface area contributed by atoms with Crippen LogP contribution in [0.15, 0.2) is 12.4 Å². The first-order valence-corrected chi connectivity index (χ1v) is 6.55. The summed E-state index contributed by atoms with van der Waals surface area (Å²) in [5, 5.41) is 0.849. The second-order valence-corrected chi connectivity index (χ2v) is 4.82. The number of rotatable bonds is 2. The number of alkyl halides is 1. The van der Waals surface area contributed by atoms with Gasteiger partial charge in [-0.25, -0.2) is 9.97 Å². The SMILES string of the molecule is Cc1cnc(N2CC(CBr)OCC2C)nc1. The third-order valence-electron chi connectivity index (χ3n) is 2.70. The van der Waals surface area contributed by atoms with Crippen molar-refractivity contribution >= 4 is 21.9 Å². The first kappa shape index (κ1) is 11.8. The topological polar surface area (TPSA) is 38.2 Å². The molecule has 88 valence electrons. The van der Waals surface area contributed by atoms with Gasteiger partial charge < -0.3 is 9.64 Å². The van der Waals surface area contributed by atoms with Gasteiger partial charge in [-0.3, -0.25) is 0 Å². The fraction of sp³-hybridized carbons (Fsp3) is 0.636. The van der Waals surface area contributed by atoms with E-state index >= 15 is 0 Å². The largest absolute Gasteiger partial charge is 0.373 e. The Hall–Kier alpha value is -0.680. The Morgan fingerprint density at radius 2 is 2.19 bits per heavy atom. The van der Waals surface area contributed by atoms with Gasteiger partial charge in [0.25, 0.3) is 0 Å². The predicted octanol–water partition coefficient (Wildman–Crippen LogP) is 1.77. The van der Waals surface area contributed by atoms with Gasteiger partial charge in [-0.2, -0.15) is 0 Å².